The lowest BCUT2D eigenvalue weighted by molar-refractivity contribution is 0.696. The molecule has 0 aliphatic rings. The Hall–Kier alpha value is -3.52. The summed E-state index contributed by atoms with van der Waals surface area (Å²) in [6, 6.07) is 26.3. The van der Waals surface area contributed by atoms with Gasteiger partial charge in [-0.1, -0.05) is 59.8 Å². The number of fused-ring (bicyclic) bond motifs is 1. The minimum atomic E-state index is 0.698. The molecule has 5 aromatic rings. The Morgan fingerprint density at radius 1 is 0.892 bits per heavy atom. The number of rotatable bonds is 9. The van der Waals surface area contributed by atoms with E-state index in [0.717, 1.165) is 68.7 Å². The van der Waals surface area contributed by atoms with Crippen molar-refractivity contribution in [1.29, 1.82) is 0 Å². The molecule has 0 aliphatic heterocycles. The summed E-state index contributed by atoms with van der Waals surface area (Å²) in [6.45, 7) is 0.958. The molecular weight excluding hydrogens is 500 g/mol. The lowest BCUT2D eigenvalue weighted by atomic mass is 10.0. The molecule has 2 aromatic heterocycles. The summed E-state index contributed by atoms with van der Waals surface area (Å²) in [5.41, 5.74) is 2.85. The third-order valence-corrected chi connectivity index (χ3v) is 7.25. The highest BCUT2D eigenvalue weighted by Crippen LogP contribution is 2.35. The van der Waals surface area contributed by atoms with Crippen molar-refractivity contribution < 1.29 is 0 Å². The third kappa shape index (κ3) is 5.91. The predicted molar refractivity (Wildman–Crippen MR) is 153 cm³/mol. The summed E-state index contributed by atoms with van der Waals surface area (Å²) in [5.74, 6) is 1.68. The molecule has 0 amide bonds. The number of hydrogen-bond acceptors (Lipinski definition) is 7. The molecule has 0 aliphatic carbocycles. The molecule has 0 fully saturated rings. The number of hydrogen-bond donors (Lipinski definition) is 1. The minimum absolute atomic E-state index is 0.698. The van der Waals surface area contributed by atoms with Crippen LogP contribution in [-0.2, 0) is 6.42 Å². The van der Waals surface area contributed by atoms with Crippen LogP contribution in [0.25, 0.3) is 22.0 Å². The first-order valence-corrected chi connectivity index (χ1v) is 13.3. The van der Waals surface area contributed by atoms with Crippen LogP contribution in [0.4, 0.5) is 11.5 Å². The molecule has 37 heavy (non-hydrogen) atoms. The van der Waals surface area contributed by atoms with Crippen LogP contribution < -0.4 is 10.2 Å². The van der Waals surface area contributed by atoms with Crippen molar-refractivity contribution in [3.63, 3.8) is 0 Å². The molecule has 0 atom stereocenters. The van der Waals surface area contributed by atoms with Crippen LogP contribution in [0.2, 0.25) is 5.02 Å². The normalized spacial score (nSPS) is 11.1. The van der Waals surface area contributed by atoms with Crippen molar-refractivity contribution in [2.75, 3.05) is 25.5 Å². The van der Waals surface area contributed by atoms with E-state index < -0.39 is 0 Å². The van der Waals surface area contributed by atoms with Crippen molar-refractivity contribution in [3.05, 3.63) is 95.9 Å². The molecule has 0 saturated carbocycles. The number of benzene rings is 3. The van der Waals surface area contributed by atoms with Crippen LogP contribution in [0.15, 0.2) is 95.0 Å². The van der Waals surface area contributed by atoms with E-state index in [4.69, 9.17) is 16.6 Å². The van der Waals surface area contributed by atoms with Gasteiger partial charge in [0.05, 0.1) is 0 Å². The molecule has 0 bridgehead atoms. The third-order valence-electron chi connectivity index (χ3n) is 6.06. The zero-order chi connectivity index (χ0) is 25.6. The molecule has 0 spiro atoms. The zero-order valence-electron chi connectivity index (χ0n) is 20.7. The van der Waals surface area contributed by atoms with E-state index in [1.165, 1.54) is 0 Å². The van der Waals surface area contributed by atoms with E-state index in [1.54, 1.807) is 11.8 Å². The van der Waals surface area contributed by atoms with Crippen molar-refractivity contribution in [1.82, 2.24) is 25.5 Å². The highest BCUT2D eigenvalue weighted by Gasteiger charge is 2.15. The smallest absolute Gasteiger partial charge is 0.163 e. The number of nitrogens with zero attached hydrogens (tertiary/aromatic N) is 5. The van der Waals surface area contributed by atoms with Crippen LogP contribution in [0.5, 0.6) is 0 Å². The Bertz CT molecular complexity index is 1490. The van der Waals surface area contributed by atoms with E-state index in [2.05, 4.69) is 61.8 Å². The van der Waals surface area contributed by atoms with Crippen LogP contribution in [0, 0.1) is 0 Å². The molecule has 186 valence electrons. The SMILES string of the molecule is CNCCCc1nccc(Sc2ccc(N(C)c3nnc(-c4ccc(Cl)cc4)c4ccccc34)cc2)n1. The average Bonchev–Trinajstić information content (AvgIpc) is 2.93. The molecule has 0 saturated heterocycles. The second kappa shape index (κ2) is 11.7. The van der Waals surface area contributed by atoms with Crippen LogP contribution in [0.3, 0.4) is 0 Å². The van der Waals surface area contributed by atoms with Crippen molar-refractivity contribution in [3.8, 4) is 11.3 Å². The minimum Gasteiger partial charge on any atom is -0.327 e. The zero-order valence-corrected chi connectivity index (χ0v) is 22.3. The van der Waals surface area contributed by atoms with Crippen LogP contribution in [0.1, 0.15) is 12.2 Å². The van der Waals surface area contributed by atoms with Gasteiger partial charge in [-0.3, -0.25) is 0 Å². The summed E-state index contributed by atoms with van der Waals surface area (Å²) in [4.78, 5) is 12.3. The van der Waals surface area contributed by atoms with E-state index in [-0.39, 0.29) is 0 Å². The second-order valence-electron chi connectivity index (χ2n) is 8.60. The van der Waals surface area contributed by atoms with Gasteiger partial charge in [0.2, 0.25) is 0 Å². The number of anilines is 2. The van der Waals surface area contributed by atoms with Gasteiger partial charge in [0, 0.05) is 51.6 Å². The molecule has 3 aromatic carbocycles. The van der Waals surface area contributed by atoms with E-state index in [1.807, 2.05) is 62.8 Å². The van der Waals surface area contributed by atoms with Crippen molar-refractivity contribution in [2.24, 2.45) is 0 Å². The first kappa shape index (κ1) is 25.1. The molecule has 2 heterocycles. The van der Waals surface area contributed by atoms with Crippen LogP contribution in [-0.4, -0.2) is 40.8 Å². The van der Waals surface area contributed by atoms with Gasteiger partial charge in [0.25, 0.3) is 0 Å². The molecule has 0 unspecified atom stereocenters. The van der Waals surface area contributed by atoms with Gasteiger partial charge in [0.1, 0.15) is 16.5 Å². The largest absolute Gasteiger partial charge is 0.327 e. The number of aryl methyl sites for hydroxylation is 1. The highest BCUT2D eigenvalue weighted by molar-refractivity contribution is 7.99. The van der Waals surface area contributed by atoms with Crippen LogP contribution >= 0.6 is 23.4 Å². The van der Waals surface area contributed by atoms with Gasteiger partial charge < -0.3 is 10.2 Å². The van der Waals surface area contributed by atoms with Crippen molar-refractivity contribution >= 4 is 45.6 Å². The number of halogens is 1. The highest BCUT2D eigenvalue weighted by atomic mass is 35.5. The first-order chi connectivity index (χ1) is 18.1. The summed E-state index contributed by atoms with van der Waals surface area (Å²) >= 11 is 7.72. The Kier molecular flexibility index (Phi) is 7.94. The van der Waals surface area contributed by atoms with E-state index >= 15 is 0 Å². The summed E-state index contributed by atoms with van der Waals surface area (Å²) in [7, 11) is 3.97. The van der Waals surface area contributed by atoms with Gasteiger partial charge in [-0.05, 0) is 62.5 Å². The second-order valence-corrected chi connectivity index (χ2v) is 10.1. The molecular formula is C29H27ClN6S. The fourth-order valence-corrected chi connectivity index (χ4v) is 5.04. The van der Waals surface area contributed by atoms with E-state index in [0.29, 0.717) is 5.02 Å². The van der Waals surface area contributed by atoms with Crippen molar-refractivity contribution in [2.45, 2.75) is 22.8 Å². The summed E-state index contributed by atoms with van der Waals surface area (Å²) in [6.07, 6.45) is 3.72. The molecule has 0 radical (unpaired) electrons. The molecule has 6 nitrogen and oxygen atoms in total. The van der Waals surface area contributed by atoms with Gasteiger partial charge in [-0.25, -0.2) is 9.97 Å². The van der Waals surface area contributed by atoms with Gasteiger partial charge in [-0.15, -0.1) is 10.2 Å². The maximum atomic E-state index is 6.09. The lowest BCUT2D eigenvalue weighted by Gasteiger charge is -2.20. The summed E-state index contributed by atoms with van der Waals surface area (Å²) < 4.78 is 0. The Labute approximate surface area is 226 Å². The van der Waals surface area contributed by atoms with Gasteiger partial charge in [-0.2, -0.15) is 0 Å². The number of nitrogens with one attached hydrogen (secondary N) is 1. The average molecular weight is 527 g/mol. The van der Waals surface area contributed by atoms with Gasteiger partial charge >= 0.3 is 0 Å². The standard InChI is InChI=1S/C29H27ClN6S/c1-31-18-5-8-26-32-19-17-27(33-26)37-23-15-13-22(14-16-23)36(2)29-25-7-4-3-6-24(25)28(34-35-29)20-9-11-21(30)12-10-20/h3-4,6-7,9-17,19,31H,5,8,18H2,1-2H3. The quantitative estimate of drug-likeness (QED) is 0.167. The molecule has 8 heteroatoms. The lowest BCUT2D eigenvalue weighted by Crippen LogP contribution is -2.12. The fraction of sp³-hybridized carbons (Fsp3) is 0.172. The molecule has 5 rings (SSSR count). The molecule has 1 N–H and O–H groups in total. The predicted octanol–water partition coefficient (Wildman–Crippen LogP) is 6.81. The van der Waals surface area contributed by atoms with Gasteiger partial charge in [0.15, 0.2) is 5.82 Å². The van der Waals surface area contributed by atoms with E-state index in [9.17, 15) is 0 Å². The number of aromatic nitrogens is 4. The monoisotopic (exact) mass is 526 g/mol. The maximum absolute atomic E-state index is 6.09. The first-order valence-electron chi connectivity index (χ1n) is 12.1. The fourth-order valence-electron chi connectivity index (χ4n) is 4.12. The Morgan fingerprint density at radius 2 is 1.65 bits per heavy atom. The Morgan fingerprint density at radius 3 is 2.41 bits per heavy atom. The summed E-state index contributed by atoms with van der Waals surface area (Å²) in [5, 5.41) is 16.1. The maximum Gasteiger partial charge on any atom is 0.163 e. The topological polar surface area (TPSA) is 66.8 Å². The Balaban J connectivity index is 1.37.